The Morgan fingerprint density at radius 1 is 1.10 bits per heavy atom. The van der Waals surface area contributed by atoms with Crippen LogP contribution in [0.5, 0.6) is 0 Å². The van der Waals surface area contributed by atoms with Gasteiger partial charge in [0.05, 0.1) is 28.5 Å². The van der Waals surface area contributed by atoms with E-state index in [2.05, 4.69) is 14.9 Å². The molecule has 0 N–H and O–H groups in total. The lowest BCUT2D eigenvalue weighted by Gasteiger charge is -2.40. The van der Waals surface area contributed by atoms with Gasteiger partial charge in [0, 0.05) is 52.4 Å². The maximum atomic E-state index is 13.1. The zero-order chi connectivity index (χ0) is 20.4. The molecule has 1 amide bonds. The molecular formula is C21H26ClN5O2. The van der Waals surface area contributed by atoms with Gasteiger partial charge in [-0.1, -0.05) is 23.7 Å². The zero-order valence-electron chi connectivity index (χ0n) is 16.6. The molecule has 3 heterocycles. The summed E-state index contributed by atoms with van der Waals surface area (Å²) in [4.78, 5) is 31.4. The molecule has 0 spiro atoms. The fraction of sp³-hybridized carbons (Fsp3) is 0.476. The minimum atomic E-state index is -0.133. The number of para-hydroxylation sites is 1. The molecule has 2 saturated heterocycles. The number of anilines is 2. The van der Waals surface area contributed by atoms with Gasteiger partial charge < -0.3 is 14.7 Å². The summed E-state index contributed by atoms with van der Waals surface area (Å²) < 4.78 is 1.31. The van der Waals surface area contributed by atoms with Gasteiger partial charge in [0.2, 0.25) is 5.91 Å². The van der Waals surface area contributed by atoms with Gasteiger partial charge >= 0.3 is 0 Å². The molecule has 2 aromatic rings. The number of rotatable bonds is 3. The summed E-state index contributed by atoms with van der Waals surface area (Å²) in [5.41, 5.74) is 1.70. The van der Waals surface area contributed by atoms with E-state index >= 15 is 0 Å². The smallest absolute Gasteiger partial charge is 0.268 e. The summed E-state index contributed by atoms with van der Waals surface area (Å²) >= 11 is 6.32. The number of carbonyl (C=O) groups excluding carboxylic acids is 1. The molecule has 2 aliphatic rings. The van der Waals surface area contributed by atoms with Gasteiger partial charge in [-0.3, -0.25) is 9.59 Å². The van der Waals surface area contributed by atoms with Crippen molar-refractivity contribution in [3.63, 3.8) is 0 Å². The molecule has 0 bridgehead atoms. The maximum absolute atomic E-state index is 13.1. The fourth-order valence-electron chi connectivity index (χ4n) is 4.18. The molecule has 7 nitrogen and oxygen atoms in total. The quantitative estimate of drug-likeness (QED) is 0.767. The highest BCUT2D eigenvalue weighted by Gasteiger charge is 2.31. The van der Waals surface area contributed by atoms with Crippen LogP contribution in [0.15, 0.2) is 41.3 Å². The predicted molar refractivity (Wildman–Crippen MR) is 115 cm³/mol. The van der Waals surface area contributed by atoms with Gasteiger partial charge in [0.1, 0.15) is 0 Å². The third-order valence-corrected chi connectivity index (χ3v) is 6.19. The zero-order valence-corrected chi connectivity index (χ0v) is 17.4. The van der Waals surface area contributed by atoms with E-state index in [9.17, 15) is 9.59 Å². The Kier molecular flexibility index (Phi) is 5.76. The topological polar surface area (TPSA) is 61.7 Å². The maximum Gasteiger partial charge on any atom is 0.268 e. The highest BCUT2D eigenvalue weighted by Crippen LogP contribution is 2.27. The Morgan fingerprint density at radius 3 is 2.59 bits per heavy atom. The molecule has 4 rings (SSSR count). The van der Waals surface area contributed by atoms with Crippen LogP contribution in [0, 0.1) is 5.92 Å². The summed E-state index contributed by atoms with van der Waals surface area (Å²) in [5.74, 6) is 0.171. The van der Waals surface area contributed by atoms with Crippen molar-refractivity contribution in [1.82, 2.24) is 14.7 Å². The number of piperazine rings is 1. The number of hydrogen-bond acceptors (Lipinski definition) is 5. The number of hydrogen-bond donors (Lipinski definition) is 0. The number of amides is 1. The average molecular weight is 416 g/mol. The van der Waals surface area contributed by atoms with Crippen LogP contribution in [0.25, 0.3) is 0 Å². The van der Waals surface area contributed by atoms with E-state index in [1.807, 2.05) is 29.2 Å². The first-order valence-corrected chi connectivity index (χ1v) is 10.5. The Labute approximate surface area is 175 Å². The summed E-state index contributed by atoms with van der Waals surface area (Å²) in [6, 6.07) is 9.44. The molecule has 1 atom stereocenters. The second kappa shape index (κ2) is 8.45. The van der Waals surface area contributed by atoms with E-state index in [-0.39, 0.29) is 17.4 Å². The van der Waals surface area contributed by atoms with Crippen LogP contribution in [0.1, 0.15) is 12.8 Å². The van der Waals surface area contributed by atoms with Crippen LogP contribution >= 0.6 is 11.6 Å². The molecule has 2 aliphatic heterocycles. The monoisotopic (exact) mass is 415 g/mol. The molecule has 8 heteroatoms. The van der Waals surface area contributed by atoms with Crippen molar-refractivity contribution in [2.45, 2.75) is 12.8 Å². The van der Waals surface area contributed by atoms with Gasteiger partial charge in [-0.25, -0.2) is 4.68 Å². The van der Waals surface area contributed by atoms with E-state index in [4.69, 9.17) is 11.6 Å². The molecule has 0 saturated carbocycles. The van der Waals surface area contributed by atoms with Gasteiger partial charge in [0.15, 0.2) is 0 Å². The van der Waals surface area contributed by atoms with Crippen molar-refractivity contribution in [2.24, 2.45) is 13.0 Å². The van der Waals surface area contributed by atoms with Crippen molar-refractivity contribution < 1.29 is 4.79 Å². The van der Waals surface area contributed by atoms with Crippen molar-refractivity contribution in [3.8, 4) is 0 Å². The molecule has 0 unspecified atom stereocenters. The fourth-order valence-corrected chi connectivity index (χ4v) is 4.44. The highest BCUT2D eigenvalue weighted by atomic mass is 35.5. The van der Waals surface area contributed by atoms with Crippen molar-refractivity contribution in [3.05, 3.63) is 51.9 Å². The largest absolute Gasteiger partial charge is 0.369 e. The lowest BCUT2D eigenvalue weighted by Crippen LogP contribution is -2.52. The summed E-state index contributed by atoms with van der Waals surface area (Å²) in [5, 5.41) is 4.86. The van der Waals surface area contributed by atoms with Crippen molar-refractivity contribution >= 4 is 28.9 Å². The van der Waals surface area contributed by atoms with Crippen LogP contribution in [0.2, 0.25) is 5.02 Å². The van der Waals surface area contributed by atoms with E-state index in [0.717, 1.165) is 48.9 Å². The Bertz CT molecular complexity index is 939. The second-order valence-corrected chi connectivity index (χ2v) is 8.13. The van der Waals surface area contributed by atoms with E-state index in [0.29, 0.717) is 19.6 Å². The lowest BCUT2D eigenvalue weighted by molar-refractivity contribution is -0.136. The predicted octanol–water partition coefficient (Wildman–Crippen LogP) is 2.00. The number of carbonyl (C=O) groups is 1. The third-order valence-electron chi connectivity index (χ3n) is 5.87. The molecule has 1 aromatic carbocycles. The molecule has 0 aliphatic carbocycles. The minimum Gasteiger partial charge on any atom is -0.369 e. The van der Waals surface area contributed by atoms with Gasteiger partial charge in [-0.2, -0.15) is 5.10 Å². The Hall–Kier alpha value is -2.54. The molecule has 154 valence electrons. The van der Waals surface area contributed by atoms with Crippen LogP contribution in [0.3, 0.4) is 0 Å². The van der Waals surface area contributed by atoms with Crippen molar-refractivity contribution in [1.29, 1.82) is 0 Å². The number of halogens is 1. The van der Waals surface area contributed by atoms with E-state index in [1.54, 1.807) is 19.3 Å². The molecule has 0 radical (unpaired) electrons. The van der Waals surface area contributed by atoms with E-state index < -0.39 is 0 Å². The normalized spacial score (nSPS) is 20.1. The number of piperidine rings is 1. The van der Waals surface area contributed by atoms with E-state index in [1.165, 1.54) is 4.68 Å². The molecule has 1 aromatic heterocycles. The first-order chi connectivity index (χ1) is 14.0. The second-order valence-electron chi connectivity index (χ2n) is 7.72. The Balaban J connectivity index is 1.38. The number of aromatic nitrogens is 2. The Morgan fingerprint density at radius 2 is 1.86 bits per heavy atom. The number of aryl methyl sites for hydroxylation is 1. The van der Waals surface area contributed by atoms with Crippen molar-refractivity contribution in [2.75, 3.05) is 49.1 Å². The third kappa shape index (κ3) is 4.24. The minimum absolute atomic E-state index is 0.0420. The molecule has 2 fully saturated rings. The SMILES string of the molecule is Cn1ncc(N2CCC[C@H](C(=O)N3CCN(c4ccccc4Cl)CC3)C2)cc1=O. The van der Waals surface area contributed by atoms with Gasteiger partial charge in [-0.05, 0) is 25.0 Å². The lowest BCUT2D eigenvalue weighted by atomic mass is 9.96. The molecular weight excluding hydrogens is 390 g/mol. The number of nitrogens with zero attached hydrogens (tertiary/aromatic N) is 5. The number of benzene rings is 1. The summed E-state index contributed by atoms with van der Waals surface area (Å²) in [7, 11) is 1.64. The van der Waals surface area contributed by atoms with Gasteiger partial charge in [-0.15, -0.1) is 0 Å². The average Bonchev–Trinajstić information content (AvgIpc) is 2.76. The molecule has 29 heavy (non-hydrogen) atoms. The van der Waals surface area contributed by atoms with Crippen LogP contribution in [-0.2, 0) is 11.8 Å². The summed E-state index contributed by atoms with van der Waals surface area (Å²) in [6.07, 6.45) is 3.53. The summed E-state index contributed by atoms with van der Waals surface area (Å²) in [6.45, 7) is 4.45. The van der Waals surface area contributed by atoms with Crippen LogP contribution in [0.4, 0.5) is 11.4 Å². The van der Waals surface area contributed by atoms with Gasteiger partial charge in [0.25, 0.3) is 5.56 Å². The van der Waals surface area contributed by atoms with Crippen LogP contribution < -0.4 is 15.4 Å². The first kappa shape index (κ1) is 19.8. The standard InChI is InChI=1S/C21H26ClN5O2/c1-24-20(28)13-17(14-23-24)27-8-4-5-16(15-27)21(29)26-11-9-25(10-12-26)19-7-3-2-6-18(19)22/h2-3,6-7,13-14,16H,4-5,8-12,15H2,1H3/t16-/m0/s1. The highest BCUT2D eigenvalue weighted by molar-refractivity contribution is 6.33. The van der Waals surface area contributed by atoms with Crippen LogP contribution in [-0.4, -0.2) is 59.9 Å². The first-order valence-electron chi connectivity index (χ1n) is 10.1.